The fraction of sp³-hybridized carbons (Fsp3) is 0.312. The van der Waals surface area contributed by atoms with Gasteiger partial charge in [-0.25, -0.2) is 18.5 Å². The number of piperazine rings is 1. The van der Waals surface area contributed by atoms with Crippen molar-refractivity contribution in [3.05, 3.63) is 52.2 Å². The average Bonchev–Trinajstić information content (AvgIpc) is 2.66. The molecule has 0 aliphatic carbocycles. The van der Waals surface area contributed by atoms with Gasteiger partial charge in [0.1, 0.15) is 12.0 Å². The normalized spacial score (nSPS) is 15.4. The molecule has 2 aromatic rings. The summed E-state index contributed by atoms with van der Waals surface area (Å²) in [5.74, 6) is 0.524. The smallest absolute Gasteiger partial charge is 0.368 e. The van der Waals surface area contributed by atoms with Crippen molar-refractivity contribution in [1.29, 1.82) is 0 Å². The van der Waals surface area contributed by atoms with Crippen LogP contribution >= 0.6 is 0 Å². The van der Waals surface area contributed by atoms with Crippen LogP contribution < -0.4 is 14.9 Å². The van der Waals surface area contributed by atoms with E-state index in [2.05, 4.69) is 4.98 Å². The number of alkyl halides is 3. The second kappa shape index (κ2) is 7.48. The van der Waals surface area contributed by atoms with Gasteiger partial charge in [0.25, 0.3) is 5.69 Å². The van der Waals surface area contributed by atoms with Crippen molar-refractivity contribution in [2.75, 3.05) is 36.0 Å². The number of halogens is 3. The fourth-order valence-corrected chi connectivity index (χ4v) is 3.79. The molecular formula is C16H16F3N5O4S. The van der Waals surface area contributed by atoms with Gasteiger partial charge < -0.3 is 9.80 Å². The van der Waals surface area contributed by atoms with Crippen LogP contribution in [0.1, 0.15) is 5.56 Å². The first kappa shape index (κ1) is 20.8. The van der Waals surface area contributed by atoms with Crippen molar-refractivity contribution in [3.8, 4) is 0 Å². The predicted molar refractivity (Wildman–Crippen MR) is 98.1 cm³/mol. The number of hydrogen-bond donors (Lipinski definition) is 1. The van der Waals surface area contributed by atoms with Gasteiger partial charge in [-0.05, 0) is 24.3 Å². The summed E-state index contributed by atoms with van der Waals surface area (Å²) < 4.78 is 62.8. The summed E-state index contributed by atoms with van der Waals surface area (Å²) in [4.78, 5) is 16.7. The molecule has 0 saturated carbocycles. The van der Waals surface area contributed by atoms with Crippen LogP contribution in [0.4, 0.5) is 30.4 Å². The highest BCUT2D eigenvalue weighted by Crippen LogP contribution is 2.36. The highest BCUT2D eigenvalue weighted by molar-refractivity contribution is 7.89. The monoisotopic (exact) mass is 431 g/mol. The molecule has 0 atom stereocenters. The van der Waals surface area contributed by atoms with E-state index < -0.39 is 31.6 Å². The average molecular weight is 431 g/mol. The molecule has 2 N–H and O–H groups in total. The molecule has 1 aromatic carbocycles. The predicted octanol–water partition coefficient (Wildman–Crippen LogP) is 1.98. The van der Waals surface area contributed by atoms with Crippen molar-refractivity contribution in [2.45, 2.75) is 11.1 Å². The molecule has 9 nitrogen and oxygen atoms in total. The fourth-order valence-electron chi connectivity index (χ4n) is 3.05. The number of nitrogens with zero attached hydrogens (tertiary/aromatic N) is 4. The number of hydrogen-bond acceptors (Lipinski definition) is 7. The van der Waals surface area contributed by atoms with E-state index in [4.69, 9.17) is 5.14 Å². The topological polar surface area (TPSA) is 123 Å². The molecule has 1 saturated heterocycles. The Balaban J connectivity index is 1.78. The summed E-state index contributed by atoms with van der Waals surface area (Å²) in [6.07, 6.45) is -3.73. The minimum Gasteiger partial charge on any atom is -0.368 e. The molecule has 1 aromatic heterocycles. The Morgan fingerprint density at radius 2 is 1.69 bits per heavy atom. The maximum absolute atomic E-state index is 13.3. The number of primary sulfonamides is 1. The third-order valence-corrected chi connectivity index (χ3v) is 5.46. The summed E-state index contributed by atoms with van der Waals surface area (Å²) in [5.41, 5.74) is -1.22. The highest BCUT2D eigenvalue weighted by Gasteiger charge is 2.37. The lowest BCUT2D eigenvalue weighted by atomic mass is 10.1. The van der Waals surface area contributed by atoms with E-state index in [1.807, 2.05) is 4.90 Å². The van der Waals surface area contributed by atoms with Gasteiger partial charge in [-0.15, -0.1) is 0 Å². The minimum atomic E-state index is -4.87. The van der Waals surface area contributed by atoms with Gasteiger partial charge >= 0.3 is 6.18 Å². The molecule has 2 heterocycles. The van der Waals surface area contributed by atoms with E-state index in [1.165, 1.54) is 18.2 Å². The number of pyridine rings is 1. The van der Waals surface area contributed by atoms with Crippen LogP contribution in [0.3, 0.4) is 0 Å². The second-order valence-electron chi connectivity index (χ2n) is 6.33. The Bertz CT molecular complexity index is 1020. The van der Waals surface area contributed by atoms with E-state index in [-0.39, 0.29) is 11.4 Å². The molecule has 0 unspecified atom stereocenters. The van der Waals surface area contributed by atoms with Crippen LogP contribution in [0, 0.1) is 10.1 Å². The van der Waals surface area contributed by atoms with Crippen molar-refractivity contribution < 1.29 is 26.5 Å². The molecule has 1 fully saturated rings. The molecule has 0 bridgehead atoms. The molecule has 13 heteroatoms. The van der Waals surface area contributed by atoms with E-state index in [0.29, 0.717) is 32.0 Å². The number of anilines is 2. The summed E-state index contributed by atoms with van der Waals surface area (Å²) in [6, 6.07) is 5.76. The molecule has 0 spiro atoms. The highest BCUT2D eigenvalue weighted by atomic mass is 32.2. The van der Waals surface area contributed by atoms with E-state index in [0.717, 1.165) is 18.3 Å². The number of rotatable bonds is 4. The molecule has 0 radical (unpaired) electrons. The van der Waals surface area contributed by atoms with Crippen LogP contribution in [0.5, 0.6) is 0 Å². The SMILES string of the molecule is NS(=O)(=O)c1ccc(N2CCN(c3ccc([N+](=O)[O-])cn3)CC2)cc1C(F)(F)F. The standard InChI is InChI=1S/C16H16F3N5O4S/c17-16(18,19)13-9-11(1-3-14(13)29(20,27)28)22-5-7-23(8-6-22)15-4-2-12(10-21-15)24(25)26/h1-4,9-10H,5-8H2,(H2,20,27,28). The van der Waals surface area contributed by atoms with Gasteiger partial charge in [-0.3, -0.25) is 10.1 Å². The lowest BCUT2D eigenvalue weighted by molar-refractivity contribution is -0.385. The van der Waals surface area contributed by atoms with Gasteiger partial charge in [0, 0.05) is 37.9 Å². The van der Waals surface area contributed by atoms with Gasteiger partial charge in [0.05, 0.1) is 15.4 Å². The van der Waals surface area contributed by atoms with Gasteiger partial charge in [-0.2, -0.15) is 13.2 Å². The number of nitrogens with two attached hydrogens (primary N) is 1. The van der Waals surface area contributed by atoms with Crippen LogP contribution in [-0.4, -0.2) is 44.5 Å². The molecule has 0 amide bonds. The lowest BCUT2D eigenvalue weighted by Gasteiger charge is -2.37. The van der Waals surface area contributed by atoms with E-state index >= 15 is 0 Å². The van der Waals surface area contributed by atoms with Crippen molar-refractivity contribution in [3.63, 3.8) is 0 Å². The first-order valence-corrected chi connectivity index (χ1v) is 9.86. The summed E-state index contributed by atoms with van der Waals surface area (Å²) in [6.45, 7) is 1.54. The Labute approximate surface area is 163 Å². The van der Waals surface area contributed by atoms with Crippen LogP contribution in [0.25, 0.3) is 0 Å². The first-order valence-electron chi connectivity index (χ1n) is 8.31. The van der Waals surface area contributed by atoms with Crippen molar-refractivity contribution >= 4 is 27.2 Å². The second-order valence-corrected chi connectivity index (χ2v) is 7.86. The van der Waals surface area contributed by atoms with E-state index in [1.54, 1.807) is 4.90 Å². The van der Waals surface area contributed by atoms with E-state index in [9.17, 15) is 31.7 Å². The van der Waals surface area contributed by atoms with Crippen LogP contribution in [-0.2, 0) is 16.2 Å². The Kier molecular flexibility index (Phi) is 5.36. The summed E-state index contributed by atoms with van der Waals surface area (Å²) in [7, 11) is -4.52. The van der Waals surface area contributed by atoms with Crippen LogP contribution in [0.15, 0.2) is 41.4 Å². The quantitative estimate of drug-likeness (QED) is 0.580. The minimum absolute atomic E-state index is 0.137. The molecule has 156 valence electrons. The summed E-state index contributed by atoms with van der Waals surface area (Å²) in [5, 5.41) is 15.6. The zero-order valence-electron chi connectivity index (χ0n) is 14.8. The number of nitro groups is 1. The third kappa shape index (κ3) is 4.56. The molecule has 1 aliphatic rings. The lowest BCUT2D eigenvalue weighted by Crippen LogP contribution is -2.46. The Morgan fingerprint density at radius 3 is 2.17 bits per heavy atom. The first-order chi connectivity index (χ1) is 13.5. The molecule has 3 rings (SSSR count). The Morgan fingerprint density at radius 1 is 1.07 bits per heavy atom. The molecule has 29 heavy (non-hydrogen) atoms. The number of sulfonamides is 1. The maximum Gasteiger partial charge on any atom is 0.417 e. The maximum atomic E-state index is 13.3. The van der Waals surface area contributed by atoms with Crippen LogP contribution in [0.2, 0.25) is 0 Å². The molecular weight excluding hydrogens is 415 g/mol. The molecule has 1 aliphatic heterocycles. The van der Waals surface area contributed by atoms with Crippen molar-refractivity contribution in [2.24, 2.45) is 5.14 Å². The zero-order valence-corrected chi connectivity index (χ0v) is 15.7. The van der Waals surface area contributed by atoms with Gasteiger partial charge in [0.2, 0.25) is 10.0 Å². The number of aromatic nitrogens is 1. The Hall–Kier alpha value is -2.93. The zero-order chi connectivity index (χ0) is 21.4. The van der Waals surface area contributed by atoms with Gasteiger partial charge in [0.15, 0.2) is 0 Å². The van der Waals surface area contributed by atoms with Gasteiger partial charge in [-0.1, -0.05) is 0 Å². The largest absolute Gasteiger partial charge is 0.417 e. The third-order valence-electron chi connectivity index (χ3n) is 4.49. The number of benzene rings is 1. The summed E-state index contributed by atoms with van der Waals surface area (Å²) >= 11 is 0. The van der Waals surface area contributed by atoms with Crippen molar-refractivity contribution in [1.82, 2.24) is 4.98 Å².